The van der Waals surface area contributed by atoms with Crippen LogP contribution in [0.25, 0.3) is 11.2 Å². The molecule has 4 aromatic rings. The van der Waals surface area contributed by atoms with Crippen LogP contribution in [0.3, 0.4) is 0 Å². The third-order valence-corrected chi connectivity index (χ3v) is 7.33. The molecule has 1 aliphatic carbocycles. The normalized spacial score (nSPS) is 18.1. The van der Waals surface area contributed by atoms with Gasteiger partial charge in [0.1, 0.15) is 22.8 Å². The first-order valence-electron chi connectivity index (χ1n) is 12.4. The van der Waals surface area contributed by atoms with E-state index in [0.29, 0.717) is 54.5 Å². The van der Waals surface area contributed by atoms with Gasteiger partial charge in [0, 0.05) is 11.8 Å². The summed E-state index contributed by atoms with van der Waals surface area (Å²) in [5.74, 6) is 0.0207. The molecule has 38 heavy (non-hydrogen) atoms. The summed E-state index contributed by atoms with van der Waals surface area (Å²) in [5, 5.41) is 0. The predicted octanol–water partition coefficient (Wildman–Crippen LogP) is 6.15. The van der Waals surface area contributed by atoms with Crippen LogP contribution in [-0.2, 0) is 12.7 Å². The summed E-state index contributed by atoms with van der Waals surface area (Å²) in [6.07, 6.45) is 0.0154. The summed E-state index contributed by atoms with van der Waals surface area (Å²) in [5.41, 5.74) is 0.942. The van der Waals surface area contributed by atoms with E-state index >= 15 is 0 Å². The maximum absolute atomic E-state index is 14.6. The number of nitrogens with zero attached hydrogens (tertiary/aromatic N) is 4. The molecule has 1 aliphatic rings. The molecule has 3 heterocycles. The second-order valence-corrected chi connectivity index (χ2v) is 9.62. The van der Waals surface area contributed by atoms with Crippen molar-refractivity contribution in [3.63, 3.8) is 0 Å². The number of ether oxygens (including phenoxy) is 1. The van der Waals surface area contributed by atoms with E-state index in [0.717, 1.165) is 5.56 Å². The van der Waals surface area contributed by atoms with Gasteiger partial charge in [-0.25, -0.2) is 14.4 Å². The van der Waals surface area contributed by atoms with E-state index in [2.05, 4.69) is 15.0 Å². The number of methoxy groups -OCH3 is 1. The van der Waals surface area contributed by atoms with E-state index in [1.54, 1.807) is 24.4 Å². The van der Waals surface area contributed by atoms with Gasteiger partial charge in [0.15, 0.2) is 11.3 Å². The Kier molecular flexibility index (Phi) is 6.90. The van der Waals surface area contributed by atoms with Crippen molar-refractivity contribution >= 4 is 11.2 Å². The van der Waals surface area contributed by atoms with Crippen LogP contribution in [0.2, 0.25) is 0 Å². The molecule has 1 saturated carbocycles. The third kappa shape index (κ3) is 4.87. The Balaban J connectivity index is 1.56. The summed E-state index contributed by atoms with van der Waals surface area (Å²) in [7, 11) is 1.48. The zero-order valence-electron chi connectivity index (χ0n) is 20.9. The molecule has 10 heteroatoms. The van der Waals surface area contributed by atoms with Crippen LogP contribution in [-0.4, -0.2) is 26.6 Å². The summed E-state index contributed by atoms with van der Waals surface area (Å²) < 4.78 is 61.6. The molecule has 0 bridgehead atoms. The fourth-order valence-electron chi connectivity index (χ4n) is 5.47. The number of pyridine rings is 2. The van der Waals surface area contributed by atoms with E-state index in [9.17, 15) is 22.4 Å². The van der Waals surface area contributed by atoms with E-state index in [1.165, 1.54) is 23.8 Å². The number of aryl methyl sites for hydroxylation is 1. The topological polar surface area (TPSA) is 69.9 Å². The first-order chi connectivity index (χ1) is 18.2. The summed E-state index contributed by atoms with van der Waals surface area (Å²) in [4.78, 5) is 25.9. The molecule has 0 N–H and O–H groups in total. The SMILES string of the molecule is COc1cccnc1Cn1c(=O)c([C@H]2CC[C@H](c3c(C)cccc3F)CC2)cc2nc(C(F)(F)F)cnc21. The molecule has 0 radical (unpaired) electrons. The average Bonchev–Trinajstić information content (AvgIpc) is 2.90. The van der Waals surface area contributed by atoms with Crippen molar-refractivity contribution in [3.05, 3.63) is 93.0 Å². The quantitative estimate of drug-likeness (QED) is 0.292. The van der Waals surface area contributed by atoms with Gasteiger partial charge in [-0.15, -0.1) is 0 Å². The number of fused-ring (bicyclic) bond motifs is 1. The van der Waals surface area contributed by atoms with Crippen molar-refractivity contribution in [1.82, 2.24) is 19.5 Å². The molecule has 0 amide bonds. The first kappa shape index (κ1) is 25.8. The second kappa shape index (κ2) is 10.2. The van der Waals surface area contributed by atoms with Crippen molar-refractivity contribution in [2.75, 3.05) is 7.11 Å². The molecule has 1 fully saturated rings. The highest BCUT2D eigenvalue weighted by molar-refractivity contribution is 5.71. The van der Waals surface area contributed by atoms with Crippen molar-refractivity contribution in [3.8, 4) is 5.75 Å². The molecule has 3 aromatic heterocycles. The van der Waals surface area contributed by atoms with Gasteiger partial charge in [-0.05, 0) is 79.8 Å². The van der Waals surface area contributed by atoms with Crippen LogP contribution >= 0.6 is 0 Å². The molecular formula is C28H26F4N4O2. The summed E-state index contributed by atoms with van der Waals surface area (Å²) >= 11 is 0. The van der Waals surface area contributed by atoms with Gasteiger partial charge in [-0.1, -0.05) is 12.1 Å². The Morgan fingerprint density at radius 3 is 2.47 bits per heavy atom. The molecule has 0 saturated heterocycles. The smallest absolute Gasteiger partial charge is 0.434 e. The fourth-order valence-corrected chi connectivity index (χ4v) is 5.47. The monoisotopic (exact) mass is 526 g/mol. The van der Waals surface area contributed by atoms with Crippen LogP contribution in [0.5, 0.6) is 5.75 Å². The number of hydrogen-bond donors (Lipinski definition) is 0. The Morgan fingerprint density at radius 1 is 1.05 bits per heavy atom. The molecular weight excluding hydrogens is 500 g/mol. The molecule has 198 valence electrons. The Bertz CT molecular complexity index is 1520. The molecule has 0 aliphatic heterocycles. The number of halogens is 4. The lowest BCUT2D eigenvalue weighted by atomic mass is 9.75. The Labute approximate surface area is 216 Å². The van der Waals surface area contributed by atoms with Crippen LogP contribution in [0.4, 0.5) is 17.6 Å². The largest absolute Gasteiger partial charge is 0.495 e. The average molecular weight is 527 g/mol. The Hall–Kier alpha value is -3.82. The van der Waals surface area contributed by atoms with Crippen LogP contribution < -0.4 is 10.3 Å². The van der Waals surface area contributed by atoms with Crippen molar-refractivity contribution in [1.29, 1.82) is 0 Å². The minimum Gasteiger partial charge on any atom is -0.495 e. The van der Waals surface area contributed by atoms with Gasteiger partial charge in [-0.2, -0.15) is 13.2 Å². The van der Waals surface area contributed by atoms with E-state index in [1.807, 2.05) is 13.0 Å². The number of benzene rings is 1. The lowest BCUT2D eigenvalue weighted by Gasteiger charge is -2.30. The number of rotatable bonds is 5. The standard InChI is InChI=1S/C28H26F4N4O2/c1-16-5-3-6-20(29)25(16)18-10-8-17(9-11-18)19-13-21-26(34-14-24(35-21)28(30,31)32)36(27(19)37)15-22-23(38-2)7-4-12-33-22/h3-7,12-14,17-18H,8-11,15H2,1-2H3/t17-,18-. The minimum atomic E-state index is -4.68. The van der Waals surface area contributed by atoms with E-state index in [4.69, 9.17) is 4.74 Å². The predicted molar refractivity (Wildman–Crippen MR) is 134 cm³/mol. The minimum absolute atomic E-state index is 0.0172. The van der Waals surface area contributed by atoms with E-state index in [-0.39, 0.29) is 40.9 Å². The van der Waals surface area contributed by atoms with Gasteiger partial charge in [0.05, 0.1) is 19.9 Å². The maximum atomic E-state index is 14.6. The lowest BCUT2D eigenvalue weighted by molar-refractivity contribution is -0.141. The molecule has 6 nitrogen and oxygen atoms in total. The molecule has 0 atom stereocenters. The first-order valence-corrected chi connectivity index (χ1v) is 12.4. The summed E-state index contributed by atoms with van der Waals surface area (Å²) in [6.45, 7) is 1.84. The zero-order chi connectivity index (χ0) is 27.0. The second-order valence-electron chi connectivity index (χ2n) is 9.62. The molecule has 0 unspecified atom stereocenters. The molecule has 0 spiro atoms. The van der Waals surface area contributed by atoms with Gasteiger partial charge in [0.25, 0.3) is 5.56 Å². The summed E-state index contributed by atoms with van der Waals surface area (Å²) in [6, 6.07) is 9.84. The number of hydrogen-bond acceptors (Lipinski definition) is 5. The van der Waals surface area contributed by atoms with Crippen molar-refractivity contribution in [2.45, 2.75) is 57.2 Å². The van der Waals surface area contributed by atoms with Gasteiger partial charge >= 0.3 is 6.18 Å². The number of alkyl halides is 3. The zero-order valence-corrected chi connectivity index (χ0v) is 20.9. The highest BCUT2D eigenvalue weighted by Gasteiger charge is 2.34. The van der Waals surface area contributed by atoms with Gasteiger partial charge in [0.2, 0.25) is 0 Å². The van der Waals surface area contributed by atoms with Gasteiger partial charge in [-0.3, -0.25) is 14.3 Å². The lowest BCUT2D eigenvalue weighted by Crippen LogP contribution is -2.29. The highest BCUT2D eigenvalue weighted by Crippen LogP contribution is 2.42. The highest BCUT2D eigenvalue weighted by atomic mass is 19.4. The Morgan fingerprint density at radius 2 is 1.79 bits per heavy atom. The fraction of sp³-hybridized carbons (Fsp3) is 0.357. The molecule has 5 rings (SSSR count). The third-order valence-electron chi connectivity index (χ3n) is 7.33. The number of aromatic nitrogens is 4. The van der Waals surface area contributed by atoms with Crippen molar-refractivity contribution < 1.29 is 22.3 Å². The van der Waals surface area contributed by atoms with Crippen LogP contribution in [0.1, 0.15) is 65.6 Å². The molecule has 1 aromatic carbocycles. The van der Waals surface area contributed by atoms with Gasteiger partial charge < -0.3 is 4.74 Å². The van der Waals surface area contributed by atoms with Crippen LogP contribution in [0.15, 0.2) is 53.6 Å². The maximum Gasteiger partial charge on any atom is 0.434 e. The van der Waals surface area contributed by atoms with E-state index < -0.39 is 11.9 Å². The van der Waals surface area contributed by atoms with Crippen molar-refractivity contribution in [2.24, 2.45) is 0 Å². The van der Waals surface area contributed by atoms with Crippen LogP contribution in [0, 0.1) is 12.7 Å².